The van der Waals surface area contributed by atoms with Crippen LogP contribution >= 0.6 is 0 Å². The van der Waals surface area contributed by atoms with Crippen LogP contribution in [-0.2, 0) is 19.2 Å². The van der Waals surface area contributed by atoms with E-state index < -0.39 is 61.1 Å². The van der Waals surface area contributed by atoms with Crippen molar-refractivity contribution in [3.8, 4) is 0 Å². The highest BCUT2D eigenvalue weighted by molar-refractivity contribution is 5.94. The van der Waals surface area contributed by atoms with Gasteiger partial charge in [-0.2, -0.15) is 0 Å². The van der Waals surface area contributed by atoms with E-state index in [-0.39, 0.29) is 12.3 Å². The van der Waals surface area contributed by atoms with Gasteiger partial charge in [0.1, 0.15) is 18.1 Å². The molecule has 12 nitrogen and oxygen atoms in total. The van der Waals surface area contributed by atoms with Gasteiger partial charge in [0.15, 0.2) is 0 Å². The van der Waals surface area contributed by atoms with Crippen molar-refractivity contribution in [2.24, 2.45) is 17.4 Å². The smallest absolute Gasteiger partial charge is 0.328 e. The predicted octanol–water partition coefficient (Wildman–Crippen LogP) is -2.99. The summed E-state index contributed by atoms with van der Waals surface area (Å²) < 4.78 is 0. The summed E-state index contributed by atoms with van der Waals surface area (Å²) in [5, 5.41) is 34.4. The van der Waals surface area contributed by atoms with Crippen LogP contribution in [0.2, 0.25) is 0 Å². The Balaban J connectivity index is 5.14. The molecule has 0 aromatic carbocycles. The Morgan fingerprint density at radius 2 is 1.33 bits per heavy atom. The molecule has 0 heterocycles. The van der Waals surface area contributed by atoms with Gasteiger partial charge in [0.05, 0.1) is 19.3 Å². The maximum atomic E-state index is 12.5. The molecule has 0 bridgehead atoms. The zero-order valence-corrected chi connectivity index (χ0v) is 17.5. The van der Waals surface area contributed by atoms with Gasteiger partial charge in [0.2, 0.25) is 17.7 Å². The van der Waals surface area contributed by atoms with Crippen LogP contribution in [0, 0.1) is 5.92 Å². The molecular formula is C18H35N5O7. The second-order valence-corrected chi connectivity index (χ2v) is 7.41. The van der Waals surface area contributed by atoms with E-state index in [0.29, 0.717) is 25.8 Å². The number of carboxylic acids is 1. The number of unbranched alkanes of at least 4 members (excludes halogenated alkanes) is 1. The molecule has 30 heavy (non-hydrogen) atoms. The Morgan fingerprint density at radius 1 is 0.833 bits per heavy atom. The van der Waals surface area contributed by atoms with Gasteiger partial charge >= 0.3 is 5.97 Å². The summed E-state index contributed by atoms with van der Waals surface area (Å²) >= 11 is 0. The van der Waals surface area contributed by atoms with E-state index in [9.17, 15) is 24.3 Å². The minimum absolute atomic E-state index is 0.144. The third-order valence-electron chi connectivity index (χ3n) is 4.25. The molecule has 0 fully saturated rings. The number of nitrogens with two attached hydrogens (primary N) is 2. The lowest BCUT2D eigenvalue weighted by Gasteiger charge is -2.24. The largest absolute Gasteiger partial charge is 0.480 e. The lowest BCUT2D eigenvalue weighted by Crippen LogP contribution is -2.58. The fourth-order valence-corrected chi connectivity index (χ4v) is 2.58. The molecule has 10 N–H and O–H groups in total. The summed E-state index contributed by atoms with van der Waals surface area (Å²) in [6.07, 6.45) is 1.55. The van der Waals surface area contributed by atoms with E-state index in [4.69, 9.17) is 21.7 Å². The second kappa shape index (κ2) is 14.7. The molecule has 0 rings (SSSR count). The van der Waals surface area contributed by atoms with Crippen LogP contribution in [0.4, 0.5) is 0 Å². The number of amides is 3. The van der Waals surface area contributed by atoms with Crippen molar-refractivity contribution in [2.45, 2.75) is 63.7 Å². The highest BCUT2D eigenvalue weighted by Crippen LogP contribution is 2.05. The first kappa shape index (κ1) is 27.7. The third kappa shape index (κ3) is 10.5. The van der Waals surface area contributed by atoms with E-state index in [2.05, 4.69) is 16.0 Å². The van der Waals surface area contributed by atoms with E-state index in [1.807, 2.05) is 13.8 Å². The second-order valence-electron chi connectivity index (χ2n) is 7.41. The van der Waals surface area contributed by atoms with Gasteiger partial charge in [0, 0.05) is 0 Å². The molecule has 0 saturated carbocycles. The van der Waals surface area contributed by atoms with Crippen LogP contribution in [0.15, 0.2) is 0 Å². The minimum atomic E-state index is -1.53. The van der Waals surface area contributed by atoms with Crippen LogP contribution in [0.5, 0.6) is 0 Å². The van der Waals surface area contributed by atoms with Crippen molar-refractivity contribution >= 4 is 23.7 Å². The Morgan fingerprint density at radius 3 is 1.80 bits per heavy atom. The molecule has 0 spiro atoms. The molecule has 4 unspecified atom stereocenters. The van der Waals surface area contributed by atoms with Gasteiger partial charge in [0.25, 0.3) is 0 Å². The van der Waals surface area contributed by atoms with Gasteiger partial charge in [-0.25, -0.2) is 4.79 Å². The highest BCUT2D eigenvalue weighted by Gasteiger charge is 2.29. The molecule has 0 aliphatic heterocycles. The summed E-state index contributed by atoms with van der Waals surface area (Å²) in [6.45, 7) is 2.57. The van der Waals surface area contributed by atoms with Crippen molar-refractivity contribution in [1.29, 1.82) is 0 Å². The fourth-order valence-electron chi connectivity index (χ4n) is 2.58. The Bertz CT molecular complexity index is 573. The van der Waals surface area contributed by atoms with Crippen LogP contribution in [0.25, 0.3) is 0 Å². The maximum absolute atomic E-state index is 12.5. The lowest BCUT2D eigenvalue weighted by atomic mass is 10.0. The summed E-state index contributed by atoms with van der Waals surface area (Å²) in [4.78, 5) is 48.0. The number of carbonyl (C=O) groups is 4. The van der Waals surface area contributed by atoms with Gasteiger partial charge in [-0.3, -0.25) is 14.4 Å². The molecule has 0 aliphatic carbocycles. The first-order valence-corrected chi connectivity index (χ1v) is 9.88. The van der Waals surface area contributed by atoms with E-state index in [0.717, 1.165) is 0 Å². The van der Waals surface area contributed by atoms with Crippen LogP contribution in [0.3, 0.4) is 0 Å². The molecule has 0 saturated heterocycles. The van der Waals surface area contributed by atoms with Gasteiger partial charge < -0.3 is 42.7 Å². The quantitative estimate of drug-likeness (QED) is 0.123. The number of carbonyl (C=O) groups excluding carboxylic acids is 3. The first-order valence-electron chi connectivity index (χ1n) is 9.88. The van der Waals surface area contributed by atoms with Gasteiger partial charge in [-0.05, 0) is 38.1 Å². The molecule has 0 aromatic rings. The minimum Gasteiger partial charge on any atom is -0.480 e. The Kier molecular flexibility index (Phi) is 13.5. The highest BCUT2D eigenvalue weighted by atomic mass is 16.4. The lowest BCUT2D eigenvalue weighted by molar-refractivity contribution is -0.143. The van der Waals surface area contributed by atoms with Crippen LogP contribution < -0.4 is 27.4 Å². The number of aliphatic carboxylic acids is 1. The van der Waals surface area contributed by atoms with Crippen molar-refractivity contribution in [1.82, 2.24) is 16.0 Å². The SMILES string of the molecule is CC(C)CC(N)C(=O)NC(CO)C(=O)NC(CCCCN)C(=O)NC(CO)C(=O)O. The molecule has 0 aromatic heterocycles. The standard InChI is InChI=1S/C18H35N5O7/c1-10(2)7-11(20)15(26)22-13(8-24)17(28)21-12(5-3-4-6-19)16(27)23-14(9-25)18(29)30/h10-14,24-25H,3-9,19-20H2,1-2H3,(H,21,28)(H,22,26)(H,23,27)(H,29,30). The summed E-state index contributed by atoms with van der Waals surface area (Å²) in [5.74, 6) is -3.55. The number of rotatable bonds is 15. The monoisotopic (exact) mass is 433 g/mol. The summed E-state index contributed by atoms with van der Waals surface area (Å²) in [6, 6.07) is -4.88. The average molecular weight is 434 g/mol. The molecule has 4 atom stereocenters. The summed E-state index contributed by atoms with van der Waals surface area (Å²) in [7, 11) is 0. The number of nitrogens with one attached hydrogen (secondary N) is 3. The number of carboxylic acid groups (broad SMARTS) is 1. The van der Waals surface area contributed by atoms with Gasteiger partial charge in [-0.1, -0.05) is 13.8 Å². The van der Waals surface area contributed by atoms with Crippen molar-refractivity contribution in [2.75, 3.05) is 19.8 Å². The first-order chi connectivity index (χ1) is 14.1. The van der Waals surface area contributed by atoms with Crippen LogP contribution in [0.1, 0.15) is 39.5 Å². The zero-order valence-electron chi connectivity index (χ0n) is 17.5. The summed E-state index contributed by atoms with van der Waals surface area (Å²) in [5.41, 5.74) is 11.2. The number of aliphatic hydroxyl groups is 2. The maximum Gasteiger partial charge on any atom is 0.328 e. The molecule has 3 amide bonds. The molecular weight excluding hydrogens is 398 g/mol. The Hall–Kier alpha value is -2.28. The number of aliphatic hydroxyl groups excluding tert-OH is 2. The number of hydrogen-bond donors (Lipinski definition) is 8. The zero-order chi connectivity index (χ0) is 23.3. The fraction of sp³-hybridized carbons (Fsp3) is 0.778. The van der Waals surface area contributed by atoms with Crippen molar-refractivity contribution in [3.05, 3.63) is 0 Å². The topological polar surface area (TPSA) is 217 Å². The van der Waals surface area contributed by atoms with Crippen molar-refractivity contribution < 1.29 is 34.5 Å². The van der Waals surface area contributed by atoms with Gasteiger partial charge in [-0.15, -0.1) is 0 Å². The predicted molar refractivity (Wildman–Crippen MR) is 108 cm³/mol. The third-order valence-corrected chi connectivity index (χ3v) is 4.25. The van der Waals surface area contributed by atoms with Crippen molar-refractivity contribution in [3.63, 3.8) is 0 Å². The number of hydrogen-bond acceptors (Lipinski definition) is 8. The Labute approximate surface area is 175 Å². The molecule has 12 heteroatoms. The normalized spacial score (nSPS) is 15.0. The molecule has 174 valence electrons. The average Bonchev–Trinajstić information content (AvgIpc) is 2.68. The van der Waals surface area contributed by atoms with E-state index in [1.54, 1.807) is 0 Å². The van der Waals surface area contributed by atoms with Crippen LogP contribution in [-0.4, -0.2) is 82.9 Å². The van der Waals surface area contributed by atoms with E-state index in [1.165, 1.54) is 0 Å². The molecule has 0 radical (unpaired) electrons. The molecule has 0 aliphatic rings. The van der Waals surface area contributed by atoms with E-state index >= 15 is 0 Å².